The Morgan fingerprint density at radius 2 is 2.16 bits per heavy atom. The Morgan fingerprint density at radius 3 is 2.84 bits per heavy atom. The van der Waals surface area contributed by atoms with Crippen LogP contribution in [0, 0.1) is 34.3 Å². The van der Waals surface area contributed by atoms with Crippen LogP contribution in [0.3, 0.4) is 0 Å². The van der Waals surface area contributed by atoms with Crippen molar-refractivity contribution >= 4 is 34.0 Å². The largest absolute Gasteiger partial charge is 0.349 e. The molecule has 0 amide bonds. The van der Waals surface area contributed by atoms with E-state index in [1.807, 2.05) is 11.6 Å². The fourth-order valence-electron chi connectivity index (χ4n) is 4.31. The molecule has 1 saturated heterocycles. The summed E-state index contributed by atoms with van der Waals surface area (Å²) in [5, 5.41) is 26.6. The molecule has 3 heterocycles. The number of hydrogen-bond donors (Lipinski definition) is 0. The number of halogens is 1. The van der Waals surface area contributed by atoms with Crippen LogP contribution in [0.2, 0.25) is 5.15 Å². The lowest BCUT2D eigenvalue weighted by Gasteiger charge is -2.26. The van der Waals surface area contributed by atoms with Gasteiger partial charge < -0.3 is 4.90 Å². The van der Waals surface area contributed by atoms with Crippen LogP contribution < -0.4 is 4.90 Å². The van der Waals surface area contributed by atoms with E-state index in [0.29, 0.717) is 33.4 Å². The minimum absolute atomic E-state index is 0.0166. The second kappa shape index (κ2) is 8.16. The van der Waals surface area contributed by atoms with E-state index in [0.717, 1.165) is 37.2 Å². The number of aryl methyl sites for hydroxylation is 1. The molecule has 31 heavy (non-hydrogen) atoms. The number of aromatic nitrogens is 3. The summed E-state index contributed by atoms with van der Waals surface area (Å²) in [5.74, 6) is 1.10. The first-order valence-electron chi connectivity index (χ1n) is 10.3. The van der Waals surface area contributed by atoms with E-state index in [2.05, 4.69) is 29.9 Å². The molecule has 160 valence electrons. The topological polar surface area (TPSA) is 101 Å². The molecule has 1 fully saturated rings. The Bertz CT molecular complexity index is 1210. The minimum Gasteiger partial charge on any atom is -0.349 e. The van der Waals surface area contributed by atoms with E-state index in [4.69, 9.17) is 16.6 Å². The molecule has 1 atom stereocenters. The summed E-state index contributed by atoms with van der Waals surface area (Å²) in [6.07, 6.45) is 1.88. The van der Waals surface area contributed by atoms with Crippen molar-refractivity contribution in [1.29, 1.82) is 5.26 Å². The van der Waals surface area contributed by atoms with Gasteiger partial charge in [-0.3, -0.25) is 14.8 Å². The van der Waals surface area contributed by atoms with Gasteiger partial charge in [0.15, 0.2) is 0 Å². The lowest BCUT2D eigenvalue weighted by atomic mass is 10.0. The van der Waals surface area contributed by atoms with Crippen molar-refractivity contribution in [2.75, 3.05) is 11.4 Å². The van der Waals surface area contributed by atoms with Gasteiger partial charge in [-0.25, -0.2) is 4.98 Å². The van der Waals surface area contributed by atoms with Gasteiger partial charge >= 0.3 is 0 Å². The van der Waals surface area contributed by atoms with Gasteiger partial charge in [0, 0.05) is 36.2 Å². The molecule has 0 saturated carbocycles. The molecule has 1 aliphatic heterocycles. The van der Waals surface area contributed by atoms with Gasteiger partial charge in [-0.15, -0.1) is 0 Å². The second-order valence-corrected chi connectivity index (χ2v) is 8.67. The standard InChI is InChI=1S/C22H23ClN6O2/c1-13(2)12-28-22(23)21(14(3)26-28)19-5-4-8-27(19)20-9-15(11-24)17-10-16(29(30)31)6-7-18(17)25-20/h6-7,9-10,13,19H,4-5,8,12H2,1-3H3. The highest BCUT2D eigenvalue weighted by molar-refractivity contribution is 6.30. The molecule has 9 heteroatoms. The number of fused-ring (bicyclic) bond motifs is 1. The third-order valence-electron chi connectivity index (χ3n) is 5.64. The predicted octanol–water partition coefficient (Wildman–Crippen LogP) is 5.17. The molecule has 4 rings (SSSR count). The lowest BCUT2D eigenvalue weighted by molar-refractivity contribution is -0.384. The first-order valence-corrected chi connectivity index (χ1v) is 10.7. The van der Waals surface area contributed by atoms with E-state index in [1.54, 1.807) is 12.1 Å². The summed E-state index contributed by atoms with van der Waals surface area (Å²) in [4.78, 5) is 17.6. The highest BCUT2D eigenvalue weighted by atomic mass is 35.5. The number of nitro groups is 1. The number of hydrogen-bond acceptors (Lipinski definition) is 6. The van der Waals surface area contributed by atoms with E-state index >= 15 is 0 Å². The average molecular weight is 439 g/mol. The summed E-state index contributed by atoms with van der Waals surface area (Å²) in [5.41, 5.74) is 2.78. The zero-order valence-corrected chi connectivity index (χ0v) is 18.4. The van der Waals surface area contributed by atoms with Crippen LogP contribution >= 0.6 is 11.6 Å². The van der Waals surface area contributed by atoms with Crippen LogP contribution in [0.4, 0.5) is 11.5 Å². The summed E-state index contributed by atoms with van der Waals surface area (Å²) in [6, 6.07) is 8.32. The number of benzene rings is 1. The van der Waals surface area contributed by atoms with Crippen LogP contribution in [0.5, 0.6) is 0 Å². The van der Waals surface area contributed by atoms with E-state index in [-0.39, 0.29) is 11.7 Å². The summed E-state index contributed by atoms with van der Waals surface area (Å²) < 4.78 is 1.86. The number of non-ortho nitro benzene ring substituents is 1. The van der Waals surface area contributed by atoms with Crippen molar-refractivity contribution < 1.29 is 4.92 Å². The maximum atomic E-state index is 11.1. The summed E-state index contributed by atoms with van der Waals surface area (Å²) in [6.45, 7) is 7.76. The van der Waals surface area contributed by atoms with Crippen molar-refractivity contribution in [3.05, 3.63) is 56.4 Å². The summed E-state index contributed by atoms with van der Waals surface area (Å²) >= 11 is 6.74. The third-order valence-corrected chi connectivity index (χ3v) is 6.04. The number of nitriles is 1. The quantitative estimate of drug-likeness (QED) is 0.402. The van der Waals surface area contributed by atoms with Crippen molar-refractivity contribution in [1.82, 2.24) is 14.8 Å². The molecule has 0 radical (unpaired) electrons. The maximum Gasteiger partial charge on any atom is 0.270 e. The lowest BCUT2D eigenvalue weighted by Crippen LogP contribution is -2.24. The molecular weight excluding hydrogens is 416 g/mol. The zero-order valence-electron chi connectivity index (χ0n) is 17.7. The van der Waals surface area contributed by atoms with E-state index < -0.39 is 4.92 Å². The molecule has 0 N–H and O–H groups in total. The monoisotopic (exact) mass is 438 g/mol. The molecular formula is C22H23ClN6O2. The molecule has 1 aromatic carbocycles. The van der Waals surface area contributed by atoms with Crippen molar-refractivity contribution in [3.8, 4) is 6.07 Å². The SMILES string of the molecule is Cc1nn(CC(C)C)c(Cl)c1C1CCCN1c1cc(C#N)c2cc([N+](=O)[O-])ccc2n1. The Balaban J connectivity index is 1.78. The van der Waals surface area contributed by atoms with Gasteiger partial charge in [0.2, 0.25) is 0 Å². The molecule has 1 unspecified atom stereocenters. The van der Waals surface area contributed by atoms with Gasteiger partial charge in [0.25, 0.3) is 5.69 Å². The van der Waals surface area contributed by atoms with Crippen molar-refractivity contribution in [3.63, 3.8) is 0 Å². The zero-order chi connectivity index (χ0) is 22.3. The number of anilines is 1. The van der Waals surface area contributed by atoms with E-state index in [1.165, 1.54) is 12.1 Å². The minimum atomic E-state index is -0.468. The van der Waals surface area contributed by atoms with Gasteiger partial charge in [-0.2, -0.15) is 10.4 Å². The van der Waals surface area contributed by atoms with Crippen LogP contribution in [-0.2, 0) is 6.54 Å². The molecule has 0 spiro atoms. The predicted molar refractivity (Wildman–Crippen MR) is 119 cm³/mol. The Labute approximate surface area is 185 Å². The highest BCUT2D eigenvalue weighted by Crippen LogP contribution is 2.41. The van der Waals surface area contributed by atoms with Crippen LogP contribution in [0.25, 0.3) is 10.9 Å². The second-order valence-electron chi connectivity index (χ2n) is 8.32. The van der Waals surface area contributed by atoms with Gasteiger partial charge in [-0.1, -0.05) is 25.4 Å². The first kappa shape index (κ1) is 21.1. The molecule has 3 aromatic rings. The molecule has 0 aliphatic carbocycles. The Kier molecular flexibility index (Phi) is 5.54. The maximum absolute atomic E-state index is 11.1. The summed E-state index contributed by atoms with van der Waals surface area (Å²) in [7, 11) is 0. The highest BCUT2D eigenvalue weighted by Gasteiger charge is 2.33. The van der Waals surface area contributed by atoms with Crippen LogP contribution in [0.1, 0.15) is 49.6 Å². The third kappa shape index (κ3) is 3.81. The number of nitrogens with zero attached hydrogens (tertiary/aromatic N) is 6. The number of rotatable bonds is 5. The van der Waals surface area contributed by atoms with Gasteiger partial charge in [0.1, 0.15) is 11.0 Å². The molecule has 8 nitrogen and oxygen atoms in total. The van der Waals surface area contributed by atoms with Crippen LogP contribution in [0.15, 0.2) is 24.3 Å². The fraction of sp³-hybridized carbons (Fsp3) is 0.409. The Hall–Kier alpha value is -3.18. The van der Waals surface area contributed by atoms with Crippen molar-refractivity contribution in [2.24, 2.45) is 5.92 Å². The molecule has 2 aromatic heterocycles. The van der Waals surface area contributed by atoms with Gasteiger partial charge in [0.05, 0.1) is 33.8 Å². The van der Waals surface area contributed by atoms with Crippen LogP contribution in [-0.4, -0.2) is 26.2 Å². The fourth-order valence-corrected chi connectivity index (χ4v) is 4.68. The average Bonchev–Trinajstić information content (AvgIpc) is 3.30. The smallest absolute Gasteiger partial charge is 0.270 e. The normalized spacial score (nSPS) is 16.3. The number of nitro benzene ring substituents is 1. The molecule has 0 bridgehead atoms. The first-order chi connectivity index (χ1) is 14.8. The van der Waals surface area contributed by atoms with Gasteiger partial charge in [-0.05, 0) is 37.8 Å². The molecule has 1 aliphatic rings. The van der Waals surface area contributed by atoms with E-state index in [9.17, 15) is 15.4 Å². The Morgan fingerprint density at radius 1 is 1.39 bits per heavy atom. The van der Waals surface area contributed by atoms with Crippen molar-refractivity contribution in [2.45, 2.75) is 46.2 Å². The number of pyridine rings is 1.